The molecule has 2 atom stereocenters. The SMILES string of the molecule is CC1CN(C(C)C)C(C(F)(F)F)CN1. The summed E-state index contributed by atoms with van der Waals surface area (Å²) in [6.07, 6.45) is -4.13. The second kappa shape index (κ2) is 4.06. The third kappa shape index (κ3) is 2.60. The lowest BCUT2D eigenvalue weighted by molar-refractivity contribution is -0.193. The van der Waals surface area contributed by atoms with Crippen molar-refractivity contribution in [2.75, 3.05) is 13.1 Å². The first-order valence-electron chi connectivity index (χ1n) is 4.88. The number of nitrogens with zero attached hydrogens (tertiary/aromatic N) is 1. The first kappa shape index (κ1) is 11.8. The predicted molar refractivity (Wildman–Crippen MR) is 49.1 cm³/mol. The second-order valence-corrected chi connectivity index (χ2v) is 4.16. The van der Waals surface area contributed by atoms with Gasteiger partial charge < -0.3 is 5.32 Å². The van der Waals surface area contributed by atoms with Gasteiger partial charge in [-0.1, -0.05) is 0 Å². The lowest BCUT2D eigenvalue weighted by Crippen LogP contribution is -2.62. The van der Waals surface area contributed by atoms with Crippen molar-refractivity contribution in [3.05, 3.63) is 0 Å². The van der Waals surface area contributed by atoms with Gasteiger partial charge in [0, 0.05) is 25.2 Å². The van der Waals surface area contributed by atoms with E-state index < -0.39 is 12.2 Å². The Morgan fingerprint density at radius 2 is 1.93 bits per heavy atom. The molecule has 0 saturated carbocycles. The van der Waals surface area contributed by atoms with Crippen LogP contribution < -0.4 is 5.32 Å². The number of nitrogens with one attached hydrogen (secondary N) is 1. The summed E-state index contributed by atoms with van der Waals surface area (Å²) >= 11 is 0. The van der Waals surface area contributed by atoms with Gasteiger partial charge in [0.1, 0.15) is 6.04 Å². The highest BCUT2D eigenvalue weighted by Gasteiger charge is 2.46. The molecule has 1 N–H and O–H groups in total. The van der Waals surface area contributed by atoms with Gasteiger partial charge in [-0.2, -0.15) is 13.2 Å². The maximum absolute atomic E-state index is 12.6. The molecule has 14 heavy (non-hydrogen) atoms. The molecule has 1 saturated heterocycles. The molecule has 2 nitrogen and oxygen atoms in total. The quantitative estimate of drug-likeness (QED) is 0.707. The van der Waals surface area contributed by atoms with Crippen molar-refractivity contribution in [3.8, 4) is 0 Å². The number of halogens is 3. The summed E-state index contributed by atoms with van der Waals surface area (Å²) in [6.45, 7) is 5.97. The summed E-state index contributed by atoms with van der Waals surface area (Å²) in [7, 11) is 0. The molecular weight excluding hydrogens is 193 g/mol. The molecule has 0 amide bonds. The Labute approximate surface area is 82.5 Å². The fourth-order valence-electron chi connectivity index (χ4n) is 1.81. The average Bonchev–Trinajstić information content (AvgIpc) is 2.01. The van der Waals surface area contributed by atoms with Crippen molar-refractivity contribution in [3.63, 3.8) is 0 Å². The van der Waals surface area contributed by atoms with Crippen LogP contribution in [0.3, 0.4) is 0 Å². The molecule has 0 aliphatic carbocycles. The third-order valence-electron chi connectivity index (χ3n) is 2.59. The molecule has 5 heteroatoms. The summed E-state index contributed by atoms with van der Waals surface area (Å²) < 4.78 is 37.8. The third-order valence-corrected chi connectivity index (χ3v) is 2.59. The van der Waals surface area contributed by atoms with Gasteiger partial charge in [-0.25, -0.2) is 0 Å². The van der Waals surface area contributed by atoms with Crippen molar-refractivity contribution in [1.82, 2.24) is 10.2 Å². The molecule has 1 aliphatic rings. The van der Waals surface area contributed by atoms with Crippen molar-refractivity contribution in [2.24, 2.45) is 0 Å². The van der Waals surface area contributed by atoms with Crippen LogP contribution in [0.1, 0.15) is 20.8 Å². The number of piperazine rings is 1. The van der Waals surface area contributed by atoms with Gasteiger partial charge in [0.2, 0.25) is 0 Å². The van der Waals surface area contributed by atoms with Gasteiger partial charge in [0.25, 0.3) is 0 Å². The molecule has 1 fully saturated rings. The fraction of sp³-hybridized carbons (Fsp3) is 1.00. The van der Waals surface area contributed by atoms with Crippen LogP contribution in [0.2, 0.25) is 0 Å². The largest absolute Gasteiger partial charge is 0.405 e. The van der Waals surface area contributed by atoms with Crippen LogP contribution in [0.4, 0.5) is 13.2 Å². The summed E-state index contributed by atoms with van der Waals surface area (Å²) in [5.74, 6) is 0. The predicted octanol–water partition coefficient (Wildman–Crippen LogP) is 1.62. The molecule has 1 heterocycles. The van der Waals surface area contributed by atoms with E-state index in [4.69, 9.17) is 0 Å². The standard InChI is InChI=1S/C9H17F3N2/c1-6(2)14-5-7(3)13-4-8(14)9(10,11)12/h6-8,13H,4-5H2,1-3H3. The first-order chi connectivity index (χ1) is 6.32. The van der Waals surface area contributed by atoms with E-state index in [9.17, 15) is 13.2 Å². The van der Waals surface area contributed by atoms with Crippen molar-refractivity contribution >= 4 is 0 Å². The van der Waals surface area contributed by atoms with E-state index >= 15 is 0 Å². The van der Waals surface area contributed by atoms with Crippen LogP contribution in [0.25, 0.3) is 0 Å². The molecule has 0 aromatic carbocycles. The van der Waals surface area contributed by atoms with Crippen LogP contribution in [-0.2, 0) is 0 Å². The van der Waals surface area contributed by atoms with Crippen LogP contribution in [0.15, 0.2) is 0 Å². The molecule has 1 aliphatic heterocycles. The first-order valence-corrected chi connectivity index (χ1v) is 4.88. The number of hydrogen-bond acceptors (Lipinski definition) is 2. The molecule has 0 radical (unpaired) electrons. The van der Waals surface area contributed by atoms with Gasteiger partial charge in [-0.3, -0.25) is 4.90 Å². The molecule has 0 aromatic rings. The van der Waals surface area contributed by atoms with Crippen LogP contribution in [-0.4, -0.2) is 42.3 Å². The molecule has 0 aromatic heterocycles. The lowest BCUT2D eigenvalue weighted by atomic mass is 10.1. The summed E-state index contributed by atoms with van der Waals surface area (Å²) in [5.41, 5.74) is 0. The van der Waals surface area contributed by atoms with E-state index in [0.717, 1.165) is 0 Å². The summed E-state index contributed by atoms with van der Waals surface area (Å²) in [5, 5.41) is 2.86. The van der Waals surface area contributed by atoms with Crippen molar-refractivity contribution in [2.45, 2.75) is 45.1 Å². The summed E-state index contributed by atoms with van der Waals surface area (Å²) in [6, 6.07) is -1.26. The maximum atomic E-state index is 12.6. The van der Waals surface area contributed by atoms with Gasteiger partial charge in [-0.05, 0) is 20.8 Å². The number of hydrogen-bond donors (Lipinski definition) is 1. The normalized spacial score (nSPS) is 31.1. The Morgan fingerprint density at radius 3 is 2.36 bits per heavy atom. The van der Waals surface area contributed by atoms with Gasteiger partial charge in [-0.15, -0.1) is 0 Å². The second-order valence-electron chi connectivity index (χ2n) is 4.16. The van der Waals surface area contributed by atoms with Gasteiger partial charge >= 0.3 is 6.18 Å². The van der Waals surface area contributed by atoms with Crippen molar-refractivity contribution < 1.29 is 13.2 Å². The van der Waals surface area contributed by atoms with E-state index in [-0.39, 0.29) is 18.6 Å². The minimum atomic E-state index is -4.13. The monoisotopic (exact) mass is 210 g/mol. The zero-order valence-electron chi connectivity index (χ0n) is 8.73. The molecular formula is C9H17F3N2. The van der Waals surface area contributed by atoms with E-state index in [1.807, 2.05) is 6.92 Å². The van der Waals surface area contributed by atoms with E-state index in [0.29, 0.717) is 6.54 Å². The zero-order chi connectivity index (χ0) is 10.9. The minimum Gasteiger partial charge on any atom is -0.311 e. The highest BCUT2D eigenvalue weighted by atomic mass is 19.4. The van der Waals surface area contributed by atoms with Crippen LogP contribution >= 0.6 is 0 Å². The highest BCUT2D eigenvalue weighted by molar-refractivity contribution is 4.90. The van der Waals surface area contributed by atoms with Crippen LogP contribution in [0.5, 0.6) is 0 Å². The Kier molecular flexibility index (Phi) is 3.42. The summed E-state index contributed by atoms with van der Waals surface area (Å²) in [4.78, 5) is 1.52. The maximum Gasteiger partial charge on any atom is 0.405 e. The minimum absolute atomic E-state index is 0.00282. The highest BCUT2D eigenvalue weighted by Crippen LogP contribution is 2.27. The Hall–Kier alpha value is -0.290. The van der Waals surface area contributed by atoms with E-state index in [2.05, 4.69) is 5.32 Å². The van der Waals surface area contributed by atoms with Crippen molar-refractivity contribution in [1.29, 1.82) is 0 Å². The topological polar surface area (TPSA) is 15.3 Å². The molecule has 0 bridgehead atoms. The zero-order valence-corrected chi connectivity index (χ0v) is 8.73. The molecule has 0 spiro atoms. The number of rotatable bonds is 1. The molecule has 2 unspecified atom stereocenters. The lowest BCUT2D eigenvalue weighted by Gasteiger charge is -2.42. The van der Waals surface area contributed by atoms with Crippen LogP contribution in [0, 0.1) is 0 Å². The van der Waals surface area contributed by atoms with Gasteiger partial charge in [0.05, 0.1) is 0 Å². The number of alkyl halides is 3. The Bertz CT molecular complexity index is 191. The smallest absolute Gasteiger partial charge is 0.311 e. The van der Waals surface area contributed by atoms with E-state index in [1.165, 1.54) is 4.90 Å². The Balaban J connectivity index is 2.73. The average molecular weight is 210 g/mol. The van der Waals surface area contributed by atoms with E-state index in [1.54, 1.807) is 13.8 Å². The van der Waals surface area contributed by atoms with Gasteiger partial charge in [0.15, 0.2) is 0 Å². The molecule has 84 valence electrons. The fourth-order valence-corrected chi connectivity index (χ4v) is 1.81. The molecule has 1 rings (SSSR count). The Morgan fingerprint density at radius 1 is 1.36 bits per heavy atom.